The molecule has 6 nitrogen and oxygen atoms in total. The van der Waals surface area contributed by atoms with Crippen molar-refractivity contribution in [3.8, 4) is 0 Å². The van der Waals surface area contributed by atoms with Gasteiger partial charge in [-0.3, -0.25) is 5.43 Å². The predicted octanol–water partition coefficient (Wildman–Crippen LogP) is 0.261. The topological polar surface area (TPSA) is 84.6 Å². The monoisotopic (exact) mass is 257 g/mol. The molecule has 1 aromatic rings. The van der Waals surface area contributed by atoms with E-state index in [-0.39, 0.29) is 0 Å². The lowest BCUT2D eigenvalue weighted by Crippen LogP contribution is -2.42. The highest BCUT2D eigenvalue weighted by Gasteiger charge is 2.00. The van der Waals surface area contributed by atoms with Crippen molar-refractivity contribution >= 4 is 17.3 Å². The van der Waals surface area contributed by atoms with Gasteiger partial charge in [0.1, 0.15) is 5.01 Å². The molecule has 0 saturated heterocycles. The summed E-state index contributed by atoms with van der Waals surface area (Å²) in [5.41, 5.74) is 2.51. The predicted molar refractivity (Wildman–Crippen MR) is 69.8 cm³/mol. The average molecular weight is 257 g/mol. The number of ether oxygens (including phenoxy) is 1. The second-order valence-electron chi connectivity index (χ2n) is 3.30. The minimum atomic E-state index is 0.532. The Balaban J connectivity index is 2.43. The van der Waals surface area contributed by atoms with Crippen LogP contribution in [0.5, 0.6) is 0 Å². The number of thiazole rings is 1. The van der Waals surface area contributed by atoms with E-state index < -0.39 is 0 Å². The van der Waals surface area contributed by atoms with Crippen LogP contribution in [0, 0.1) is 0 Å². The lowest BCUT2D eigenvalue weighted by Gasteiger charge is -2.07. The van der Waals surface area contributed by atoms with E-state index in [0.717, 1.165) is 11.4 Å². The molecule has 0 bridgehead atoms. The third-order valence-corrected chi connectivity index (χ3v) is 3.18. The van der Waals surface area contributed by atoms with E-state index in [2.05, 4.69) is 27.6 Å². The number of aromatic nitrogens is 1. The summed E-state index contributed by atoms with van der Waals surface area (Å²) in [5.74, 6) is 5.90. The summed E-state index contributed by atoms with van der Waals surface area (Å²) in [5, 5.41) is 4.02. The Morgan fingerprint density at radius 3 is 3.06 bits per heavy atom. The average Bonchev–Trinajstić information content (AvgIpc) is 2.81. The summed E-state index contributed by atoms with van der Waals surface area (Å²) < 4.78 is 4.92. The second kappa shape index (κ2) is 7.99. The van der Waals surface area contributed by atoms with Crippen molar-refractivity contribution < 1.29 is 4.74 Å². The molecule has 7 heteroatoms. The van der Waals surface area contributed by atoms with Gasteiger partial charge in [-0.15, -0.1) is 11.3 Å². The van der Waals surface area contributed by atoms with Crippen LogP contribution in [0.1, 0.15) is 16.8 Å². The Morgan fingerprint density at radius 2 is 2.47 bits per heavy atom. The van der Waals surface area contributed by atoms with Gasteiger partial charge >= 0.3 is 0 Å². The molecule has 0 aliphatic rings. The zero-order valence-corrected chi connectivity index (χ0v) is 11.0. The molecule has 0 saturated carbocycles. The number of hydrogen-bond acceptors (Lipinski definition) is 5. The number of nitrogens with one attached hydrogen (secondary N) is 2. The lowest BCUT2D eigenvalue weighted by atomic mass is 10.4. The Morgan fingerprint density at radius 1 is 1.65 bits per heavy atom. The number of nitrogens with two attached hydrogens (primary N) is 1. The minimum Gasteiger partial charge on any atom is -0.383 e. The van der Waals surface area contributed by atoms with E-state index in [1.807, 2.05) is 6.20 Å². The van der Waals surface area contributed by atoms with Gasteiger partial charge in [0, 0.05) is 24.7 Å². The van der Waals surface area contributed by atoms with E-state index in [1.54, 1.807) is 18.4 Å². The molecule has 0 spiro atoms. The summed E-state index contributed by atoms with van der Waals surface area (Å²) in [7, 11) is 1.65. The number of nitrogens with zero attached hydrogens (tertiary/aromatic N) is 2. The van der Waals surface area contributed by atoms with Gasteiger partial charge in [0.05, 0.1) is 13.2 Å². The first-order valence-corrected chi connectivity index (χ1v) is 6.29. The van der Waals surface area contributed by atoms with Crippen LogP contribution in [0.3, 0.4) is 0 Å². The van der Waals surface area contributed by atoms with E-state index in [0.29, 0.717) is 25.7 Å². The number of methoxy groups -OCH3 is 1. The highest BCUT2D eigenvalue weighted by molar-refractivity contribution is 7.11. The molecule has 0 fully saturated rings. The first-order chi connectivity index (χ1) is 8.30. The second-order valence-corrected chi connectivity index (χ2v) is 4.50. The molecule has 0 radical (unpaired) electrons. The Hall–Kier alpha value is -1.18. The van der Waals surface area contributed by atoms with Crippen LogP contribution in [-0.4, -0.2) is 31.2 Å². The molecule has 96 valence electrons. The van der Waals surface area contributed by atoms with Crippen molar-refractivity contribution in [1.29, 1.82) is 0 Å². The van der Waals surface area contributed by atoms with Crippen LogP contribution >= 0.6 is 11.3 Å². The third-order valence-electron chi connectivity index (χ3n) is 2.06. The maximum Gasteiger partial charge on any atom is 0.206 e. The van der Waals surface area contributed by atoms with E-state index in [9.17, 15) is 0 Å². The third kappa shape index (κ3) is 5.12. The fraction of sp³-hybridized carbons (Fsp3) is 0.600. The smallest absolute Gasteiger partial charge is 0.206 e. The SMILES string of the molecule is CCc1cnc(CN=C(NN)NCCOC)s1. The molecule has 1 aromatic heterocycles. The van der Waals surface area contributed by atoms with Gasteiger partial charge in [-0.25, -0.2) is 15.8 Å². The van der Waals surface area contributed by atoms with Crippen LogP contribution in [-0.2, 0) is 17.7 Å². The number of hydrazine groups is 1. The van der Waals surface area contributed by atoms with Crippen molar-refractivity contribution in [2.75, 3.05) is 20.3 Å². The molecule has 0 atom stereocenters. The van der Waals surface area contributed by atoms with Crippen molar-refractivity contribution in [1.82, 2.24) is 15.7 Å². The largest absolute Gasteiger partial charge is 0.383 e. The highest BCUT2D eigenvalue weighted by atomic mass is 32.1. The van der Waals surface area contributed by atoms with Crippen LogP contribution in [0.25, 0.3) is 0 Å². The zero-order chi connectivity index (χ0) is 12.5. The summed E-state index contributed by atoms with van der Waals surface area (Å²) >= 11 is 1.67. The lowest BCUT2D eigenvalue weighted by molar-refractivity contribution is 0.203. The van der Waals surface area contributed by atoms with Gasteiger partial charge in [0.15, 0.2) is 0 Å². The van der Waals surface area contributed by atoms with E-state index in [1.165, 1.54) is 4.88 Å². The highest BCUT2D eigenvalue weighted by Crippen LogP contribution is 2.13. The zero-order valence-electron chi connectivity index (χ0n) is 10.2. The van der Waals surface area contributed by atoms with Gasteiger partial charge in [0.25, 0.3) is 0 Å². The van der Waals surface area contributed by atoms with Gasteiger partial charge in [0.2, 0.25) is 5.96 Å². The molecule has 0 amide bonds. The molecule has 0 aromatic carbocycles. The van der Waals surface area contributed by atoms with Gasteiger partial charge < -0.3 is 10.1 Å². The quantitative estimate of drug-likeness (QED) is 0.224. The summed E-state index contributed by atoms with van der Waals surface area (Å²) in [4.78, 5) is 9.84. The van der Waals surface area contributed by atoms with Gasteiger partial charge in [-0.1, -0.05) is 6.92 Å². The van der Waals surface area contributed by atoms with Crippen LogP contribution in [0.15, 0.2) is 11.2 Å². The Bertz CT molecular complexity index is 352. The van der Waals surface area contributed by atoms with Crippen LogP contribution < -0.4 is 16.6 Å². The number of rotatable bonds is 6. The van der Waals surface area contributed by atoms with E-state index in [4.69, 9.17) is 10.6 Å². The molecule has 0 aliphatic heterocycles. The number of aliphatic imine (C=N–C) groups is 1. The standard InChI is InChI=1S/C10H19N5OS/c1-3-8-6-13-9(17-8)7-14-10(15-11)12-4-5-16-2/h6H,3-5,7,11H2,1-2H3,(H2,12,14,15). The Labute approximate surface area is 105 Å². The molecule has 4 N–H and O–H groups in total. The van der Waals surface area contributed by atoms with E-state index >= 15 is 0 Å². The molecular weight excluding hydrogens is 238 g/mol. The normalized spacial score (nSPS) is 11.6. The van der Waals surface area contributed by atoms with Crippen molar-refractivity contribution in [2.24, 2.45) is 10.8 Å². The summed E-state index contributed by atoms with van der Waals surface area (Å²) in [6.07, 6.45) is 2.90. The first kappa shape index (κ1) is 13.9. The minimum absolute atomic E-state index is 0.532. The van der Waals surface area contributed by atoms with Crippen molar-refractivity contribution in [3.05, 3.63) is 16.1 Å². The van der Waals surface area contributed by atoms with Crippen molar-refractivity contribution in [2.45, 2.75) is 19.9 Å². The number of hydrogen-bond donors (Lipinski definition) is 3. The summed E-state index contributed by atoms with van der Waals surface area (Å²) in [6, 6.07) is 0. The molecule has 17 heavy (non-hydrogen) atoms. The van der Waals surface area contributed by atoms with Crippen LogP contribution in [0.4, 0.5) is 0 Å². The molecule has 1 rings (SSSR count). The Kier molecular flexibility index (Phi) is 6.53. The number of guanidine groups is 1. The molecule has 1 heterocycles. The van der Waals surface area contributed by atoms with Gasteiger partial charge in [-0.05, 0) is 6.42 Å². The molecular formula is C10H19N5OS. The first-order valence-electron chi connectivity index (χ1n) is 5.47. The van der Waals surface area contributed by atoms with Crippen LogP contribution in [0.2, 0.25) is 0 Å². The maximum atomic E-state index is 5.35. The van der Waals surface area contributed by atoms with Gasteiger partial charge in [-0.2, -0.15) is 0 Å². The van der Waals surface area contributed by atoms with Crippen molar-refractivity contribution in [3.63, 3.8) is 0 Å². The summed E-state index contributed by atoms with van der Waals surface area (Å²) in [6.45, 7) is 3.92. The molecule has 0 aliphatic carbocycles. The fourth-order valence-corrected chi connectivity index (χ4v) is 1.94. The fourth-order valence-electron chi connectivity index (χ4n) is 1.16. The molecule has 0 unspecified atom stereocenters. The maximum absolute atomic E-state index is 5.35. The number of aryl methyl sites for hydroxylation is 1.